The Hall–Kier alpha value is -0.860. The molecule has 0 aliphatic heterocycles. The van der Waals surface area contributed by atoms with Gasteiger partial charge in [0.25, 0.3) is 0 Å². The van der Waals surface area contributed by atoms with Crippen LogP contribution in [0.15, 0.2) is 18.2 Å². The molecule has 2 heteroatoms. The van der Waals surface area contributed by atoms with Crippen LogP contribution in [0.25, 0.3) is 0 Å². The molecule has 1 aromatic rings. The summed E-state index contributed by atoms with van der Waals surface area (Å²) < 4.78 is 0. The van der Waals surface area contributed by atoms with Crippen LogP contribution in [0.1, 0.15) is 23.1 Å². The maximum atomic E-state index is 5.50. The summed E-state index contributed by atoms with van der Waals surface area (Å²) in [7, 11) is 2.17. The van der Waals surface area contributed by atoms with Crippen molar-refractivity contribution in [2.75, 3.05) is 26.7 Å². The Morgan fingerprint density at radius 2 is 1.94 bits per heavy atom. The monoisotopic (exact) mass is 220 g/mol. The highest BCUT2D eigenvalue weighted by atomic mass is 15.1. The van der Waals surface area contributed by atoms with Gasteiger partial charge in [-0.25, -0.2) is 0 Å². The van der Waals surface area contributed by atoms with Crippen LogP contribution in [0.5, 0.6) is 0 Å². The fraction of sp³-hybridized carbons (Fsp3) is 0.571. The highest BCUT2D eigenvalue weighted by Crippen LogP contribution is 2.11. The molecule has 1 aromatic carbocycles. The number of benzene rings is 1. The molecule has 2 nitrogen and oxygen atoms in total. The lowest BCUT2D eigenvalue weighted by atomic mass is 10.0. The molecule has 0 aromatic heterocycles. The van der Waals surface area contributed by atoms with Crippen molar-refractivity contribution in [1.82, 2.24) is 4.90 Å². The molecule has 16 heavy (non-hydrogen) atoms. The topological polar surface area (TPSA) is 29.3 Å². The molecule has 0 spiro atoms. The lowest BCUT2D eigenvalue weighted by Crippen LogP contribution is -2.24. The van der Waals surface area contributed by atoms with Crippen molar-refractivity contribution >= 4 is 0 Å². The molecule has 0 aliphatic rings. The number of rotatable bonds is 6. The highest BCUT2D eigenvalue weighted by Gasteiger charge is 2.01. The summed E-state index contributed by atoms with van der Waals surface area (Å²) in [6.45, 7) is 7.34. The number of aryl methyl sites for hydroxylation is 2. The SMILES string of the molecule is Cc1ccc(CCN(C)CCCN)c(C)c1. The normalized spacial score (nSPS) is 11.1. The van der Waals surface area contributed by atoms with Gasteiger partial charge in [-0.2, -0.15) is 0 Å². The van der Waals surface area contributed by atoms with Crippen LogP contribution < -0.4 is 5.73 Å². The molecule has 0 bridgehead atoms. The van der Waals surface area contributed by atoms with Crippen molar-refractivity contribution in [1.29, 1.82) is 0 Å². The van der Waals surface area contributed by atoms with Gasteiger partial charge in [0.15, 0.2) is 0 Å². The standard InChI is InChI=1S/C14H24N2/c1-12-5-6-14(13(2)11-12)7-10-16(3)9-4-8-15/h5-6,11H,4,7-10,15H2,1-3H3. The molecule has 0 unspecified atom stereocenters. The van der Waals surface area contributed by atoms with Crippen LogP contribution in [0.4, 0.5) is 0 Å². The van der Waals surface area contributed by atoms with Crippen molar-refractivity contribution in [3.8, 4) is 0 Å². The van der Waals surface area contributed by atoms with Gasteiger partial charge in [0.05, 0.1) is 0 Å². The van der Waals surface area contributed by atoms with E-state index in [4.69, 9.17) is 5.73 Å². The molecule has 0 saturated carbocycles. The average molecular weight is 220 g/mol. The summed E-state index contributed by atoms with van der Waals surface area (Å²) in [6.07, 6.45) is 2.22. The predicted molar refractivity (Wildman–Crippen MR) is 70.8 cm³/mol. The number of hydrogen-bond acceptors (Lipinski definition) is 2. The van der Waals surface area contributed by atoms with Crippen molar-refractivity contribution in [2.24, 2.45) is 5.73 Å². The maximum Gasteiger partial charge on any atom is 0.00189 e. The molecule has 0 heterocycles. The van der Waals surface area contributed by atoms with Crippen LogP contribution >= 0.6 is 0 Å². The van der Waals surface area contributed by atoms with Crippen LogP contribution in [0.3, 0.4) is 0 Å². The van der Waals surface area contributed by atoms with Crippen molar-refractivity contribution in [3.05, 3.63) is 34.9 Å². The summed E-state index contributed by atoms with van der Waals surface area (Å²) in [5.74, 6) is 0. The molecule has 90 valence electrons. The first kappa shape index (κ1) is 13.2. The van der Waals surface area contributed by atoms with E-state index >= 15 is 0 Å². The lowest BCUT2D eigenvalue weighted by molar-refractivity contribution is 0.335. The van der Waals surface area contributed by atoms with Crippen LogP contribution in [0, 0.1) is 13.8 Å². The third kappa shape index (κ3) is 4.33. The van der Waals surface area contributed by atoms with Crippen LogP contribution in [0.2, 0.25) is 0 Å². The summed E-state index contributed by atoms with van der Waals surface area (Å²) in [6, 6.07) is 6.71. The summed E-state index contributed by atoms with van der Waals surface area (Å²) in [5, 5.41) is 0. The summed E-state index contributed by atoms with van der Waals surface area (Å²) in [5.41, 5.74) is 9.72. The van der Waals surface area contributed by atoms with Crippen LogP contribution in [-0.4, -0.2) is 31.6 Å². The van der Waals surface area contributed by atoms with Gasteiger partial charge in [-0.1, -0.05) is 23.8 Å². The quantitative estimate of drug-likeness (QED) is 0.796. The van der Waals surface area contributed by atoms with Crippen molar-refractivity contribution in [2.45, 2.75) is 26.7 Å². The zero-order chi connectivity index (χ0) is 12.0. The fourth-order valence-electron chi connectivity index (χ4n) is 1.91. The first-order valence-electron chi connectivity index (χ1n) is 6.08. The Labute approximate surface area is 99.5 Å². The van der Waals surface area contributed by atoms with E-state index in [1.54, 1.807) is 0 Å². The Morgan fingerprint density at radius 3 is 2.56 bits per heavy atom. The largest absolute Gasteiger partial charge is 0.330 e. The molecular formula is C14H24N2. The van der Waals surface area contributed by atoms with Gasteiger partial charge in [-0.15, -0.1) is 0 Å². The van der Waals surface area contributed by atoms with Gasteiger partial charge in [-0.3, -0.25) is 0 Å². The second-order valence-electron chi connectivity index (χ2n) is 4.63. The molecule has 0 amide bonds. The van der Waals surface area contributed by atoms with E-state index in [0.29, 0.717) is 0 Å². The third-order valence-electron chi connectivity index (χ3n) is 3.00. The van der Waals surface area contributed by atoms with Gasteiger partial charge in [0.1, 0.15) is 0 Å². The zero-order valence-electron chi connectivity index (χ0n) is 10.8. The second kappa shape index (κ2) is 6.66. The van der Waals surface area contributed by atoms with E-state index in [9.17, 15) is 0 Å². The summed E-state index contributed by atoms with van der Waals surface area (Å²) >= 11 is 0. The Balaban J connectivity index is 2.42. The van der Waals surface area contributed by atoms with Gasteiger partial charge in [0.2, 0.25) is 0 Å². The molecule has 0 aliphatic carbocycles. The second-order valence-corrected chi connectivity index (χ2v) is 4.63. The van der Waals surface area contributed by atoms with E-state index in [0.717, 1.165) is 32.5 Å². The number of hydrogen-bond donors (Lipinski definition) is 1. The third-order valence-corrected chi connectivity index (χ3v) is 3.00. The fourth-order valence-corrected chi connectivity index (χ4v) is 1.91. The van der Waals surface area contributed by atoms with E-state index in [1.165, 1.54) is 16.7 Å². The minimum atomic E-state index is 0.786. The highest BCUT2D eigenvalue weighted by molar-refractivity contribution is 5.30. The van der Waals surface area contributed by atoms with Gasteiger partial charge in [0, 0.05) is 6.54 Å². The van der Waals surface area contributed by atoms with E-state index in [1.807, 2.05) is 0 Å². The van der Waals surface area contributed by atoms with Gasteiger partial charge < -0.3 is 10.6 Å². The van der Waals surface area contributed by atoms with Crippen LogP contribution in [-0.2, 0) is 6.42 Å². The minimum absolute atomic E-state index is 0.786. The first-order chi connectivity index (χ1) is 7.63. The Kier molecular flexibility index (Phi) is 5.50. The number of likely N-dealkylation sites (N-methyl/N-ethyl adjacent to an activating group) is 1. The molecule has 0 atom stereocenters. The van der Waals surface area contributed by atoms with Crippen molar-refractivity contribution in [3.63, 3.8) is 0 Å². The predicted octanol–water partition coefficient (Wildman–Crippen LogP) is 2.13. The summed E-state index contributed by atoms with van der Waals surface area (Å²) in [4.78, 5) is 2.35. The molecule has 1 rings (SSSR count). The van der Waals surface area contributed by atoms with E-state index < -0.39 is 0 Å². The van der Waals surface area contributed by atoms with Crippen molar-refractivity contribution < 1.29 is 0 Å². The molecular weight excluding hydrogens is 196 g/mol. The minimum Gasteiger partial charge on any atom is -0.330 e. The molecule has 0 saturated heterocycles. The zero-order valence-corrected chi connectivity index (χ0v) is 10.8. The molecule has 0 radical (unpaired) electrons. The Bertz CT molecular complexity index is 321. The average Bonchev–Trinajstić information content (AvgIpc) is 2.25. The van der Waals surface area contributed by atoms with E-state index in [2.05, 4.69) is 44.0 Å². The van der Waals surface area contributed by atoms with E-state index in [-0.39, 0.29) is 0 Å². The lowest BCUT2D eigenvalue weighted by Gasteiger charge is -2.16. The maximum absolute atomic E-state index is 5.50. The van der Waals surface area contributed by atoms with Gasteiger partial charge in [-0.05, 0) is 58.0 Å². The number of nitrogens with two attached hydrogens (primary N) is 1. The van der Waals surface area contributed by atoms with Gasteiger partial charge >= 0.3 is 0 Å². The first-order valence-corrected chi connectivity index (χ1v) is 6.08. The number of nitrogens with zero attached hydrogens (tertiary/aromatic N) is 1. The molecule has 2 N–H and O–H groups in total. The Morgan fingerprint density at radius 1 is 1.19 bits per heavy atom. The molecule has 0 fully saturated rings. The smallest absolute Gasteiger partial charge is 0.00189 e.